The molecule has 1 rings (SSSR count). The predicted molar refractivity (Wildman–Crippen MR) is 53.7 cm³/mol. The van der Waals surface area contributed by atoms with Crippen molar-refractivity contribution in [3.8, 4) is 0 Å². The fraction of sp³-hybridized carbons (Fsp3) is 1.00. The van der Waals surface area contributed by atoms with Gasteiger partial charge in [-0.2, -0.15) is 0 Å². The molecule has 2 nitrogen and oxygen atoms in total. The Hall–Kier alpha value is -0.0800. The molecule has 0 aliphatic carbocycles. The number of aliphatic hydroxyl groups is 1. The zero-order valence-electron chi connectivity index (χ0n) is 8.67. The van der Waals surface area contributed by atoms with E-state index in [1.165, 1.54) is 32.1 Å². The van der Waals surface area contributed by atoms with E-state index < -0.39 is 0 Å². The number of hydrogen-bond donors (Lipinski definition) is 1. The maximum absolute atomic E-state index is 8.82. The Balaban J connectivity index is 1.88. The molecule has 0 spiro atoms. The molecule has 0 saturated carbocycles. The van der Waals surface area contributed by atoms with E-state index in [9.17, 15) is 0 Å². The summed E-state index contributed by atoms with van der Waals surface area (Å²) < 4.78 is 5.54. The van der Waals surface area contributed by atoms with E-state index in [2.05, 4.69) is 6.92 Å². The first-order chi connectivity index (χ1) is 6.33. The van der Waals surface area contributed by atoms with Crippen LogP contribution < -0.4 is 0 Å². The molecule has 1 heterocycles. The molecule has 2 heteroatoms. The first-order valence-corrected chi connectivity index (χ1v) is 5.55. The minimum absolute atomic E-state index is 0.333. The molecule has 1 aliphatic rings. The van der Waals surface area contributed by atoms with Crippen LogP contribution in [0.2, 0.25) is 0 Å². The lowest BCUT2D eigenvalue weighted by atomic mass is 10.0. The van der Waals surface area contributed by atoms with Gasteiger partial charge >= 0.3 is 0 Å². The van der Waals surface area contributed by atoms with Gasteiger partial charge in [0.2, 0.25) is 0 Å². The average molecular weight is 186 g/mol. The monoisotopic (exact) mass is 186 g/mol. The molecule has 0 radical (unpaired) electrons. The third-order valence-electron chi connectivity index (χ3n) is 2.81. The molecule has 2 unspecified atom stereocenters. The van der Waals surface area contributed by atoms with Crippen LogP contribution in [-0.2, 0) is 4.74 Å². The average Bonchev–Trinajstić information content (AvgIpc) is 2.64. The van der Waals surface area contributed by atoms with Crippen molar-refractivity contribution in [2.24, 2.45) is 5.92 Å². The highest BCUT2D eigenvalue weighted by Gasteiger charge is 2.14. The van der Waals surface area contributed by atoms with Crippen molar-refractivity contribution in [3.05, 3.63) is 0 Å². The Kier molecular flexibility index (Phi) is 5.40. The van der Waals surface area contributed by atoms with E-state index in [1.54, 1.807) is 0 Å². The Bertz CT molecular complexity index is 119. The molecule has 0 aromatic rings. The highest BCUT2D eigenvalue weighted by molar-refractivity contribution is 4.64. The summed E-state index contributed by atoms with van der Waals surface area (Å²) in [6.07, 6.45) is 7.93. The molecule has 78 valence electrons. The topological polar surface area (TPSA) is 29.5 Å². The Morgan fingerprint density at radius 2 is 2.31 bits per heavy atom. The molecule has 13 heavy (non-hydrogen) atoms. The number of unbranched alkanes of at least 4 members (excludes halogenated alkanes) is 1. The molecular formula is C11H22O2. The maximum atomic E-state index is 8.82. The molecule has 1 N–H and O–H groups in total. The fourth-order valence-electron chi connectivity index (χ4n) is 1.83. The van der Waals surface area contributed by atoms with Gasteiger partial charge in [0, 0.05) is 13.2 Å². The lowest BCUT2D eigenvalue weighted by Gasteiger charge is -2.10. The summed E-state index contributed by atoms with van der Waals surface area (Å²) in [5.74, 6) is 0.476. The van der Waals surface area contributed by atoms with Gasteiger partial charge in [-0.05, 0) is 31.6 Å². The lowest BCUT2D eigenvalue weighted by molar-refractivity contribution is 0.101. The van der Waals surface area contributed by atoms with E-state index in [-0.39, 0.29) is 0 Å². The summed E-state index contributed by atoms with van der Waals surface area (Å²) >= 11 is 0. The number of aliphatic hydroxyl groups excluding tert-OH is 1. The van der Waals surface area contributed by atoms with Crippen LogP contribution in [0.15, 0.2) is 0 Å². The molecule has 0 bridgehead atoms. The van der Waals surface area contributed by atoms with Gasteiger partial charge in [-0.25, -0.2) is 0 Å². The van der Waals surface area contributed by atoms with Crippen LogP contribution >= 0.6 is 0 Å². The smallest absolute Gasteiger partial charge is 0.0576 e. The molecule has 1 aliphatic heterocycles. The van der Waals surface area contributed by atoms with Gasteiger partial charge in [-0.1, -0.05) is 19.8 Å². The second-order valence-corrected chi connectivity index (χ2v) is 4.21. The molecule has 2 atom stereocenters. The predicted octanol–water partition coefficient (Wildman–Crippen LogP) is 2.35. The van der Waals surface area contributed by atoms with Crippen molar-refractivity contribution in [3.63, 3.8) is 0 Å². The molecular weight excluding hydrogens is 164 g/mol. The van der Waals surface area contributed by atoms with Crippen LogP contribution in [0, 0.1) is 5.92 Å². The summed E-state index contributed by atoms with van der Waals surface area (Å²) in [4.78, 5) is 0. The third-order valence-corrected chi connectivity index (χ3v) is 2.81. The van der Waals surface area contributed by atoms with Gasteiger partial charge in [-0.3, -0.25) is 0 Å². The van der Waals surface area contributed by atoms with Crippen LogP contribution in [0.3, 0.4) is 0 Å². The minimum atomic E-state index is 0.333. The van der Waals surface area contributed by atoms with Gasteiger partial charge in [0.05, 0.1) is 6.10 Å². The summed E-state index contributed by atoms with van der Waals surface area (Å²) in [7, 11) is 0. The van der Waals surface area contributed by atoms with Gasteiger partial charge in [0.15, 0.2) is 0 Å². The first-order valence-electron chi connectivity index (χ1n) is 5.55. The van der Waals surface area contributed by atoms with Crippen LogP contribution in [0.4, 0.5) is 0 Å². The summed E-state index contributed by atoms with van der Waals surface area (Å²) in [6, 6.07) is 0. The molecule has 0 aromatic carbocycles. The standard InChI is InChI=1S/C11H22O2/c1-10(9-12)5-2-3-6-11-7-4-8-13-11/h10-12H,2-9H2,1H3. The molecule has 0 amide bonds. The second-order valence-electron chi connectivity index (χ2n) is 4.21. The van der Waals surface area contributed by atoms with Gasteiger partial charge in [0.25, 0.3) is 0 Å². The zero-order chi connectivity index (χ0) is 9.52. The van der Waals surface area contributed by atoms with Crippen LogP contribution in [0.5, 0.6) is 0 Å². The minimum Gasteiger partial charge on any atom is -0.396 e. The second kappa shape index (κ2) is 6.39. The Labute approximate surface area is 81.3 Å². The largest absolute Gasteiger partial charge is 0.396 e. The van der Waals surface area contributed by atoms with E-state index in [4.69, 9.17) is 9.84 Å². The quantitative estimate of drug-likeness (QED) is 0.645. The van der Waals surface area contributed by atoms with Crippen LogP contribution in [0.1, 0.15) is 45.4 Å². The lowest BCUT2D eigenvalue weighted by Crippen LogP contribution is -2.05. The Morgan fingerprint density at radius 3 is 2.92 bits per heavy atom. The summed E-state index contributed by atoms with van der Waals surface area (Å²) in [5.41, 5.74) is 0. The summed E-state index contributed by atoms with van der Waals surface area (Å²) in [6.45, 7) is 3.41. The first kappa shape index (κ1) is 11.0. The van der Waals surface area contributed by atoms with Crippen molar-refractivity contribution >= 4 is 0 Å². The van der Waals surface area contributed by atoms with Crippen molar-refractivity contribution in [1.82, 2.24) is 0 Å². The van der Waals surface area contributed by atoms with Crippen molar-refractivity contribution in [1.29, 1.82) is 0 Å². The van der Waals surface area contributed by atoms with Crippen molar-refractivity contribution in [2.45, 2.75) is 51.6 Å². The number of rotatable bonds is 6. The Morgan fingerprint density at radius 1 is 1.46 bits per heavy atom. The van der Waals surface area contributed by atoms with E-state index in [0.717, 1.165) is 13.0 Å². The third kappa shape index (κ3) is 4.63. The van der Waals surface area contributed by atoms with Crippen molar-refractivity contribution < 1.29 is 9.84 Å². The van der Waals surface area contributed by atoms with Gasteiger partial charge < -0.3 is 9.84 Å². The van der Waals surface area contributed by atoms with Crippen LogP contribution in [0.25, 0.3) is 0 Å². The fourth-order valence-corrected chi connectivity index (χ4v) is 1.83. The molecule has 1 fully saturated rings. The van der Waals surface area contributed by atoms with Crippen LogP contribution in [-0.4, -0.2) is 24.4 Å². The van der Waals surface area contributed by atoms with Crippen molar-refractivity contribution in [2.75, 3.05) is 13.2 Å². The zero-order valence-corrected chi connectivity index (χ0v) is 8.67. The molecule has 0 aromatic heterocycles. The summed E-state index contributed by atoms with van der Waals surface area (Å²) in [5, 5.41) is 8.82. The number of ether oxygens (including phenoxy) is 1. The maximum Gasteiger partial charge on any atom is 0.0576 e. The van der Waals surface area contributed by atoms with E-state index >= 15 is 0 Å². The van der Waals surface area contributed by atoms with Gasteiger partial charge in [0.1, 0.15) is 0 Å². The highest BCUT2D eigenvalue weighted by Crippen LogP contribution is 2.19. The van der Waals surface area contributed by atoms with E-state index in [1.807, 2.05) is 0 Å². The normalized spacial score (nSPS) is 24.9. The molecule has 1 saturated heterocycles. The van der Waals surface area contributed by atoms with Gasteiger partial charge in [-0.15, -0.1) is 0 Å². The number of hydrogen-bond acceptors (Lipinski definition) is 2. The SMILES string of the molecule is CC(CO)CCCCC1CCCO1. The highest BCUT2D eigenvalue weighted by atomic mass is 16.5. The van der Waals surface area contributed by atoms with E-state index in [0.29, 0.717) is 18.6 Å².